The first-order valence-corrected chi connectivity index (χ1v) is 6.94. The van der Waals surface area contributed by atoms with Gasteiger partial charge in [0.25, 0.3) is 0 Å². The Balaban J connectivity index is 2.06. The minimum Gasteiger partial charge on any atom is -0.381 e. The fourth-order valence-corrected chi connectivity index (χ4v) is 3.29. The molecule has 1 fully saturated rings. The number of carbonyl (C=O) groups excluding carboxylic acids is 1. The zero-order valence-corrected chi connectivity index (χ0v) is 10.8. The molecule has 0 saturated carbocycles. The van der Waals surface area contributed by atoms with Crippen LogP contribution in [0.5, 0.6) is 0 Å². The number of nitrogens with one attached hydrogen (secondary N) is 1. The number of hydrogen-bond acceptors (Lipinski definition) is 3. The van der Waals surface area contributed by atoms with Crippen molar-refractivity contribution in [2.75, 3.05) is 11.1 Å². The molecule has 1 aliphatic rings. The van der Waals surface area contributed by atoms with Crippen LogP contribution in [0.2, 0.25) is 0 Å². The molecule has 4 heteroatoms. The van der Waals surface area contributed by atoms with Gasteiger partial charge in [-0.05, 0) is 18.1 Å². The lowest BCUT2D eigenvalue weighted by Crippen LogP contribution is -2.21. The van der Waals surface area contributed by atoms with Crippen molar-refractivity contribution in [3.05, 3.63) is 29.8 Å². The largest absolute Gasteiger partial charge is 0.381 e. The molecule has 2 atom stereocenters. The maximum atomic E-state index is 11.0. The van der Waals surface area contributed by atoms with E-state index < -0.39 is 0 Å². The van der Waals surface area contributed by atoms with Gasteiger partial charge in [0.2, 0.25) is 5.91 Å². The van der Waals surface area contributed by atoms with E-state index in [2.05, 4.69) is 12.2 Å². The predicted molar refractivity (Wildman–Crippen MR) is 73.3 cm³/mol. The summed E-state index contributed by atoms with van der Waals surface area (Å²) >= 11 is 1.99. The lowest BCUT2D eigenvalue weighted by molar-refractivity contribution is -0.117. The van der Waals surface area contributed by atoms with E-state index in [-0.39, 0.29) is 5.91 Å². The quantitative estimate of drug-likeness (QED) is 0.859. The summed E-state index contributed by atoms with van der Waals surface area (Å²) in [4.78, 5) is 11.0. The van der Waals surface area contributed by atoms with Crippen molar-refractivity contribution in [3.8, 4) is 0 Å². The summed E-state index contributed by atoms with van der Waals surface area (Å²) in [5.74, 6) is 0.847. The van der Waals surface area contributed by atoms with Crippen LogP contribution in [-0.2, 0) is 11.2 Å². The highest BCUT2D eigenvalue weighted by molar-refractivity contribution is 8.00. The number of rotatable bonds is 4. The number of nitrogens with two attached hydrogens (primary N) is 1. The normalized spacial score (nSPS) is 23.6. The fourth-order valence-electron chi connectivity index (χ4n) is 2.14. The van der Waals surface area contributed by atoms with Gasteiger partial charge in [-0.1, -0.05) is 25.1 Å². The van der Waals surface area contributed by atoms with Crippen LogP contribution in [0.1, 0.15) is 18.9 Å². The summed E-state index contributed by atoms with van der Waals surface area (Å²) in [6.45, 7) is 2.25. The van der Waals surface area contributed by atoms with Gasteiger partial charge in [-0.2, -0.15) is 11.8 Å². The number of thioether (sulfide) groups is 1. The highest BCUT2D eigenvalue weighted by atomic mass is 32.2. The molecule has 1 aliphatic heterocycles. The molecule has 1 aromatic rings. The number of anilines is 1. The monoisotopic (exact) mass is 250 g/mol. The molecule has 0 radical (unpaired) electrons. The van der Waals surface area contributed by atoms with E-state index in [4.69, 9.17) is 5.73 Å². The first kappa shape index (κ1) is 12.3. The summed E-state index contributed by atoms with van der Waals surface area (Å²) < 4.78 is 0. The Bertz CT molecular complexity index is 408. The minimum atomic E-state index is -0.284. The molecule has 0 bridgehead atoms. The number of carbonyl (C=O) groups is 1. The first-order valence-electron chi connectivity index (χ1n) is 5.89. The minimum absolute atomic E-state index is 0.284. The van der Waals surface area contributed by atoms with Crippen LogP contribution < -0.4 is 11.1 Å². The Morgan fingerprint density at radius 1 is 1.53 bits per heavy atom. The van der Waals surface area contributed by atoms with Crippen LogP contribution in [-0.4, -0.2) is 23.0 Å². The SMILES string of the molecule is CC1CC(Nc2ccccc2CC(N)=O)CS1. The van der Waals surface area contributed by atoms with Gasteiger partial charge in [0.15, 0.2) is 0 Å². The summed E-state index contributed by atoms with van der Waals surface area (Å²) in [5, 5.41) is 4.23. The van der Waals surface area contributed by atoms with E-state index in [0.717, 1.165) is 22.3 Å². The maximum Gasteiger partial charge on any atom is 0.221 e. The average molecular weight is 250 g/mol. The van der Waals surface area contributed by atoms with Crippen molar-refractivity contribution in [1.29, 1.82) is 0 Å². The van der Waals surface area contributed by atoms with Crippen molar-refractivity contribution in [3.63, 3.8) is 0 Å². The molecule has 1 saturated heterocycles. The highest BCUT2D eigenvalue weighted by Crippen LogP contribution is 2.29. The molecule has 2 unspecified atom stereocenters. The van der Waals surface area contributed by atoms with Crippen LogP contribution >= 0.6 is 11.8 Å². The lowest BCUT2D eigenvalue weighted by atomic mass is 10.1. The average Bonchev–Trinajstić information content (AvgIpc) is 2.66. The van der Waals surface area contributed by atoms with Crippen molar-refractivity contribution < 1.29 is 4.79 Å². The van der Waals surface area contributed by atoms with Gasteiger partial charge >= 0.3 is 0 Å². The van der Waals surface area contributed by atoms with Crippen molar-refractivity contribution in [2.24, 2.45) is 5.73 Å². The molecule has 3 nitrogen and oxygen atoms in total. The van der Waals surface area contributed by atoms with E-state index in [1.807, 2.05) is 36.0 Å². The molecule has 1 amide bonds. The van der Waals surface area contributed by atoms with E-state index in [1.54, 1.807) is 0 Å². The third-order valence-corrected chi connectivity index (χ3v) is 4.30. The summed E-state index contributed by atoms with van der Waals surface area (Å²) in [7, 11) is 0. The third-order valence-electron chi connectivity index (χ3n) is 2.94. The molecular formula is C13H18N2OS. The molecule has 92 valence electrons. The molecular weight excluding hydrogens is 232 g/mol. The lowest BCUT2D eigenvalue weighted by Gasteiger charge is -2.16. The second-order valence-electron chi connectivity index (χ2n) is 4.52. The number of hydrogen-bond donors (Lipinski definition) is 2. The van der Waals surface area contributed by atoms with Gasteiger partial charge < -0.3 is 11.1 Å². The molecule has 3 N–H and O–H groups in total. The molecule has 1 heterocycles. The predicted octanol–water partition coefficient (Wildman–Crippen LogP) is 2.02. The molecule has 0 aliphatic carbocycles. The number of para-hydroxylation sites is 1. The Morgan fingerprint density at radius 2 is 2.29 bits per heavy atom. The van der Waals surface area contributed by atoms with Gasteiger partial charge in [-0.3, -0.25) is 4.79 Å². The van der Waals surface area contributed by atoms with Crippen LogP contribution in [0.3, 0.4) is 0 Å². The number of amides is 1. The second-order valence-corrected chi connectivity index (χ2v) is 5.99. The third kappa shape index (κ3) is 3.40. The first-order chi connectivity index (χ1) is 8.15. The van der Waals surface area contributed by atoms with Crippen LogP contribution in [0.4, 0.5) is 5.69 Å². The van der Waals surface area contributed by atoms with Crippen molar-refractivity contribution in [1.82, 2.24) is 0 Å². The molecule has 17 heavy (non-hydrogen) atoms. The summed E-state index contributed by atoms with van der Waals surface area (Å²) in [6.07, 6.45) is 1.48. The summed E-state index contributed by atoms with van der Waals surface area (Å²) in [5.41, 5.74) is 7.29. The van der Waals surface area contributed by atoms with Gasteiger partial charge in [0.05, 0.1) is 6.42 Å². The van der Waals surface area contributed by atoms with Crippen molar-refractivity contribution >= 4 is 23.4 Å². The maximum absolute atomic E-state index is 11.0. The van der Waals surface area contributed by atoms with Gasteiger partial charge in [-0.25, -0.2) is 0 Å². The van der Waals surface area contributed by atoms with Gasteiger partial charge in [0.1, 0.15) is 0 Å². The summed E-state index contributed by atoms with van der Waals surface area (Å²) in [6, 6.07) is 8.40. The highest BCUT2D eigenvalue weighted by Gasteiger charge is 2.22. The van der Waals surface area contributed by atoms with E-state index >= 15 is 0 Å². The molecule has 0 aromatic heterocycles. The number of primary amides is 1. The van der Waals surface area contributed by atoms with E-state index in [0.29, 0.717) is 12.5 Å². The van der Waals surface area contributed by atoms with Gasteiger partial charge in [-0.15, -0.1) is 0 Å². The van der Waals surface area contributed by atoms with E-state index in [9.17, 15) is 4.79 Å². The van der Waals surface area contributed by atoms with Crippen LogP contribution in [0.25, 0.3) is 0 Å². The zero-order valence-electron chi connectivity index (χ0n) is 9.98. The van der Waals surface area contributed by atoms with Gasteiger partial charge in [0, 0.05) is 22.7 Å². The van der Waals surface area contributed by atoms with Crippen LogP contribution in [0.15, 0.2) is 24.3 Å². The zero-order chi connectivity index (χ0) is 12.3. The fraction of sp³-hybridized carbons (Fsp3) is 0.462. The van der Waals surface area contributed by atoms with Crippen molar-refractivity contribution in [2.45, 2.75) is 31.1 Å². The Labute approximate surface area is 106 Å². The Kier molecular flexibility index (Phi) is 3.94. The Morgan fingerprint density at radius 3 is 2.94 bits per heavy atom. The number of benzene rings is 1. The smallest absolute Gasteiger partial charge is 0.221 e. The molecule has 0 spiro atoms. The van der Waals surface area contributed by atoms with E-state index in [1.165, 1.54) is 6.42 Å². The molecule has 1 aromatic carbocycles. The van der Waals surface area contributed by atoms with Crippen LogP contribution in [0, 0.1) is 0 Å². The standard InChI is InChI=1S/C13H18N2OS/c1-9-6-11(8-17-9)15-12-5-3-2-4-10(12)7-13(14)16/h2-5,9,11,15H,6-8H2,1H3,(H2,14,16). The second kappa shape index (κ2) is 5.45. The topological polar surface area (TPSA) is 55.1 Å². The molecule has 2 rings (SSSR count). The Hall–Kier alpha value is -1.16.